The van der Waals surface area contributed by atoms with Gasteiger partial charge in [0, 0.05) is 6.42 Å². The second-order valence-corrected chi connectivity index (χ2v) is 3.59. The van der Waals surface area contributed by atoms with Crippen molar-refractivity contribution in [2.24, 2.45) is 5.41 Å². The number of halogens is 10. The number of hydrogen-bond acceptors (Lipinski definition) is 1. The summed E-state index contributed by atoms with van der Waals surface area (Å²) in [6, 6.07) is 0. The lowest BCUT2D eigenvalue weighted by Crippen LogP contribution is -2.65. The summed E-state index contributed by atoms with van der Waals surface area (Å²) in [5.41, 5.74) is -5.61. The first kappa shape index (κ1) is 15.3. The minimum atomic E-state index is -6.49. The molecule has 1 atom stereocenters. The van der Waals surface area contributed by atoms with Gasteiger partial charge in [-0.3, -0.25) is 0 Å². The molecule has 0 amide bonds. The van der Waals surface area contributed by atoms with Crippen molar-refractivity contribution in [1.82, 2.24) is 0 Å². The Kier molecular flexibility index (Phi) is 3.10. The predicted molar refractivity (Wildman–Crippen MR) is 35.0 cm³/mol. The van der Waals surface area contributed by atoms with Crippen molar-refractivity contribution in [2.45, 2.75) is 30.8 Å². The van der Waals surface area contributed by atoms with Crippen LogP contribution < -0.4 is 0 Å². The zero-order valence-corrected chi connectivity index (χ0v) is 8.10. The smallest absolute Gasteiger partial charge is 0.338 e. The van der Waals surface area contributed by atoms with E-state index in [1.54, 1.807) is 0 Å². The standard InChI is InChI=1S/C7H4F10O/c8-4(7(15,16)17)3(1-2-18-4,5(9,10)11)6(12,13)14/h1-2H2. The Morgan fingerprint density at radius 1 is 0.722 bits per heavy atom. The maximum atomic E-state index is 13.3. The molecular weight excluding hydrogens is 290 g/mol. The van der Waals surface area contributed by atoms with Gasteiger partial charge in [-0.1, -0.05) is 0 Å². The van der Waals surface area contributed by atoms with E-state index in [1.807, 2.05) is 0 Å². The second kappa shape index (κ2) is 3.64. The maximum Gasteiger partial charge on any atom is 0.449 e. The number of rotatable bonds is 0. The van der Waals surface area contributed by atoms with Crippen LogP contribution in [0, 0.1) is 5.41 Å². The molecule has 0 saturated carbocycles. The Morgan fingerprint density at radius 2 is 1.11 bits per heavy atom. The fraction of sp³-hybridized carbons (Fsp3) is 1.00. The van der Waals surface area contributed by atoms with E-state index in [2.05, 4.69) is 4.74 Å². The van der Waals surface area contributed by atoms with Gasteiger partial charge in [-0.25, -0.2) is 4.39 Å². The second-order valence-electron chi connectivity index (χ2n) is 3.59. The van der Waals surface area contributed by atoms with Gasteiger partial charge in [0.1, 0.15) is 0 Å². The SMILES string of the molecule is FC(F)(F)C1(F)OCCC1(C(F)(F)F)C(F)(F)F. The molecule has 0 aromatic carbocycles. The first-order chi connectivity index (χ1) is 7.71. The highest BCUT2D eigenvalue weighted by Gasteiger charge is 2.90. The van der Waals surface area contributed by atoms with Crippen LogP contribution in [-0.2, 0) is 4.74 Å². The first-order valence-electron chi connectivity index (χ1n) is 4.24. The molecule has 0 aromatic heterocycles. The largest absolute Gasteiger partial charge is 0.449 e. The van der Waals surface area contributed by atoms with Crippen molar-refractivity contribution in [1.29, 1.82) is 0 Å². The summed E-state index contributed by atoms with van der Waals surface area (Å²) < 4.78 is 127. The van der Waals surface area contributed by atoms with Gasteiger partial charge in [-0.2, -0.15) is 39.5 Å². The number of ether oxygens (including phenoxy) is 1. The highest BCUT2D eigenvalue weighted by molar-refractivity contribution is 5.10. The summed E-state index contributed by atoms with van der Waals surface area (Å²) >= 11 is 0. The third-order valence-electron chi connectivity index (χ3n) is 2.66. The molecule has 1 aliphatic rings. The summed E-state index contributed by atoms with van der Waals surface area (Å²) in [5.74, 6) is -5.84. The van der Waals surface area contributed by atoms with Crippen LogP contribution in [0.2, 0.25) is 0 Å². The van der Waals surface area contributed by atoms with Crippen LogP contribution in [0.15, 0.2) is 0 Å². The molecule has 1 rings (SSSR count). The molecule has 0 radical (unpaired) electrons. The van der Waals surface area contributed by atoms with E-state index < -0.39 is 42.8 Å². The lowest BCUT2D eigenvalue weighted by atomic mass is 9.77. The third-order valence-corrected chi connectivity index (χ3v) is 2.66. The minimum absolute atomic E-state index is 1.64. The van der Waals surface area contributed by atoms with Gasteiger partial charge in [-0.15, -0.1) is 0 Å². The summed E-state index contributed by atoms with van der Waals surface area (Å²) in [7, 11) is 0. The van der Waals surface area contributed by atoms with E-state index in [9.17, 15) is 43.9 Å². The van der Waals surface area contributed by atoms with Crippen molar-refractivity contribution in [2.75, 3.05) is 6.61 Å². The molecule has 0 N–H and O–H groups in total. The van der Waals surface area contributed by atoms with E-state index in [0.29, 0.717) is 0 Å². The monoisotopic (exact) mass is 294 g/mol. The molecule has 108 valence electrons. The lowest BCUT2D eigenvalue weighted by molar-refractivity contribution is -0.448. The van der Waals surface area contributed by atoms with Crippen molar-refractivity contribution >= 4 is 0 Å². The quantitative estimate of drug-likeness (QED) is 0.618. The predicted octanol–water partition coefficient (Wildman–Crippen LogP) is 3.75. The Labute approximate surface area is 92.7 Å². The van der Waals surface area contributed by atoms with Crippen LogP contribution in [0.3, 0.4) is 0 Å². The fourth-order valence-electron chi connectivity index (χ4n) is 1.76. The van der Waals surface area contributed by atoms with E-state index in [1.165, 1.54) is 0 Å². The Bertz CT molecular complexity index is 311. The van der Waals surface area contributed by atoms with Crippen LogP contribution in [0.5, 0.6) is 0 Å². The molecule has 0 bridgehead atoms. The third kappa shape index (κ3) is 1.66. The Balaban J connectivity index is 3.55. The van der Waals surface area contributed by atoms with Gasteiger partial charge in [0.2, 0.25) is 5.41 Å². The molecular formula is C7H4F10O. The zero-order valence-electron chi connectivity index (χ0n) is 8.10. The van der Waals surface area contributed by atoms with Crippen molar-refractivity contribution in [3.05, 3.63) is 0 Å². The molecule has 1 unspecified atom stereocenters. The number of alkyl halides is 10. The molecule has 1 saturated heterocycles. The fourth-order valence-corrected chi connectivity index (χ4v) is 1.76. The molecule has 1 nitrogen and oxygen atoms in total. The van der Waals surface area contributed by atoms with Crippen LogP contribution >= 0.6 is 0 Å². The molecule has 1 fully saturated rings. The molecule has 1 aliphatic heterocycles. The van der Waals surface area contributed by atoms with E-state index >= 15 is 0 Å². The molecule has 0 aliphatic carbocycles. The molecule has 1 heterocycles. The van der Waals surface area contributed by atoms with Crippen molar-refractivity contribution in [3.63, 3.8) is 0 Å². The Morgan fingerprint density at radius 3 is 1.33 bits per heavy atom. The Hall–Kier alpha value is -0.740. The lowest BCUT2D eigenvalue weighted by Gasteiger charge is -2.41. The summed E-state index contributed by atoms with van der Waals surface area (Å²) in [5, 5.41) is 0. The normalized spacial score (nSPS) is 29.7. The summed E-state index contributed by atoms with van der Waals surface area (Å²) in [6.07, 6.45) is -21.6. The van der Waals surface area contributed by atoms with Gasteiger partial charge in [0.05, 0.1) is 6.61 Å². The van der Waals surface area contributed by atoms with Crippen molar-refractivity contribution in [3.8, 4) is 0 Å². The summed E-state index contributed by atoms with van der Waals surface area (Å²) in [4.78, 5) is 0. The van der Waals surface area contributed by atoms with Gasteiger partial charge < -0.3 is 4.74 Å². The zero-order chi connectivity index (χ0) is 14.6. The average Bonchev–Trinajstić information content (AvgIpc) is 2.40. The topological polar surface area (TPSA) is 9.23 Å². The van der Waals surface area contributed by atoms with E-state index in [4.69, 9.17) is 0 Å². The average molecular weight is 294 g/mol. The molecule has 0 spiro atoms. The highest BCUT2D eigenvalue weighted by Crippen LogP contribution is 2.67. The van der Waals surface area contributed by atoms with Gasteiger partial charge >= 0.3 is 24.4 Å². The molecule has 0 aromatic rings. The summed E-state index contributed by atoms with van der Waals surface area (Å²) in [6.45, 7) is -1.64. The van der Waals surface area contributed by atoms with Crippen LogP contribution in [0.4, 0.5) is 43.9 Å². The van der Waals surface area contributed by atoms with Gasteiger partial charge in [-0.05, 0) is 0 Å². The van der Waals surface area contributed by atoms with Crippen LogP contribution in [0.25, 0.3) is 0 Å². The van der Waals surface area contributed by atoms with E-state index in [-0.39, 0.29) is 0 Å². The van der Waals surface area contributed by atoms with E-state index in [0.717, 1.165) is 0 Å². The molecule has 11 heteroatoms. The van der Waals surface area contributed by atoms with Crippen LogP contribution in [-0.4, -0.2) is 31.0 Å². The maximum absolute atomic E-state index is 13.3. The van der Waals surface area contributed by atoms with Gasteiger partial charge in [0.25, 0.3) is 0 Å². The minimum Gasteiger partial charge on any atom is -0.338 e. The van der Waals surface area contributed by atoms with Crippen LogP contribution in [0.1, 0.15) is 6.42 Å². The van der Waals surface area contributed by atoms with Gasteiger partial charge in [0.15, 0.2) is 0 Å². The first-order valence-corrected chi connectivity index (χ1v) is 4.24. The van der Waals surface area contributed by atoms with Crippen molar-refractivity contribution < 1.29 is 48.6 Å². The molecule has 18 heavy (non-hydrogen) atoms. The highest BCUT2D eigenvalue weighted by atomic mass is 19.4. The number of hydrogen-bond donors (Lipinski definition) is 0.